The van der Waals surface area contributed by atoms with Crippen LogP contribution in [0.2, 0.25) is 0 Å². The van der Waals surface area contributed by atoms with Gasteiger partial charge in [0.05, 0.1) is 11.6 Å². The Morgan fingerprint density at radius 3 is 2.35 bits per heavy atom. The van der Waals surface area contributed by atoms with Gasteiger partial charge in [-0.2, -0.15) is 0 Å². The summed E-state index contributed by atoms with van der Waals surface area (Å²) >= 11 is 3.63. The van der Waals surface area contributed by atoms with Gasteiger partial charge in [-0.15, -0.1) is 0 Å². The number of nitrogens with two attached hydrogens (primary N) is 1. The first-order valence-electron chi connectivity index (χ1n) is 10.3. The van der Waals surface area contributed by atoms with E-state index in [-0.39, 0.29) is 0 Å². The van der Waals surface area contributed by atoms with Crippen LogP contribution in [0, 0.1) is 17.8 Å². The predicted molar refractivity (Wildman–Crippen MR) is 115 cm³/mol. The number of rotatable bonds is 10. The van der Waals surface area contributed by atoms with Crippen molar-refractivity contribution in [2.75, 3.05) is 26.7 Å². The second-order valence-corrected chi connectivity index (χ2v) is 8.82. The van der Waals surface area contributed by atoms with Gasteiger partial charge in [-0.1, -0.05) is 32.8 Å². The Labute approximate surface area is 168 Å². The predicted octanol–water partition coefficient (Wildman–Crippen LogP) is 5.46. The van der Waals surface area contributed by atoms with Crippen molar-refractivity contribution >= 4 is 15.9 Å². The van der Waals surface area contributed by atoms with Crippen molar-refractivity contribution in [1.29, 1.82) is 0 Å². The molecule has 0 saturated heterocycles. The maximum Gasteiger partial charge on any atom is 0.133 e. The summed E-state index contributed by atoms with van der Waals surface area (Å²) in [5.74, 6) is 3.28. The first-order valence-corrected chi connectivity index (χ1v) is 11.1. The maximum absolute atomic E-state index is 5.87. The fourth-order valence-electron chi connectivity index (χ4n) is 4.20. The van der Waals surface area contributed by atoms with Crippen molar-refractivity contribution in [3.05, 3.63) is 28.2 Å². The van der Waals surface area contributed by atoms with Gasteiger partial charge in [0, 0.05) is 19.6 Å². The van der Waals surface area contributed by atoms with Crippen LogP contribution in [0.1, 0.15) is 57.9 Å². The number of hydrogen-bond donors (Lipinski definition) is 1. The quantitative estimate of drug-likeness (QED) is 0.541. The van der Waals surface area contributed by atoms with E-state index in [1.165, 1.54) is 57.2 Å². The lowest BCUT2D eigenvalue weighted by molar-refractivity contribution is 0.153. The molecule has 1 aliphatic carbocycles. The van der Waals surface area contributed by atoms with Gasteiger partial charge >= 0.3 is 0 Å². The van der Waals surface area contributed by atoms with E-state index < -0.39 is 0 Å². The highest BCUT2D eigenvalue weighted by molar-refractivity contribution is 9.10. The van der Waals surface area contributed by atoms with Gasteiger partial charge in [-0.05, 0) is 83.6 Å². The van der Waals surface area contributed by atoms with Crippen LogP contribution in [0.4, 0.5) is 0 Å². The summed E-state index contributed by atoms with van der Waals surface area (Å²) in [5, 5.41) is 0. The summed E-state index contributed by atoms with van der Waals surface area (Å²) in [7, 11) is 1.72. The van der Waals surface area contributed by atoms with Crippen molar-refractivity contribution in [2.24, 2.45) is 23.5 Å². The van der Waals surface area contributed by atoms with Crippen LogP contribution in [0.25, 0.3) is 0 Å². The molecular weight excluding hydrogens is 388 g/mol. The van der Waals surface area contributed by atoms with Crippen LogP contribution in [0.3, 0.4) is 0 Å². The van der Waals surface area contributed by atoms with Crippen LogP contribution in [-0.2, 0) is 6.54 Å². The van der Waals surface area contributed by atoms with Crippen molar-refractivity contribution in [3.8, 4) is 5.75 Å². The van der Waals surface area contributed by atoms with Crippen molar-refractivity contribution in [3.63, 3.8) is 0 Å². The Balaban J connectivity index is 2.02. The average Bonchev–Trinajstić information content (AvgIpc) is 2.66. The first-order chi connectivity index (χ1) is 12.6. The highest BCUT2D eigenvalue weighted by atomic mass is 79.9. The Kier molecular flexibility index (Phi) is 9.44. The molecule has 0 spiro atoms. The molecule has 1 aliphatic rings. The number of methoxy groups -OCH3 is 1. The molecular formula is C22H37BrN2O. The van der Waals surface area contributed by atoms with Gasteiger partial charge in [0.1, 0.15) is 5.75 Å². The fourth-order valence-corrected chi connectivity index (χ4v) is 4.79. The second-order valence-electron chi connectivity index (χ2n) is 7.97. The molecule has 1 aromatic rings. The molecule has 148 valence electrons. The molecule has 0 amide bonds. The minimum Gasteiger partial charge on any atom is -0.496 e. The third kappa shape index (κ3) is 6.54. The number of ether oxygens (including phenoxy) is 1. The Bertz CT molecular complexity index is 525. The number of nitrogens with zero attached hydrogens (tertiary/aromatic N) is 1. The van der Waals surface area contributed by atoms with Gasteiger partial charge < -0.3 is 10.5 Å². The summed E-state index contributed by atoms with van der Waals surface area (Å²) in [6.07, 6.45) is 7.84. The third-order valence-corrected chi connectivity index (χ3v) is 6.73. The molecule has 2 rings (SSSR count). The van der Waals surface area contributed by atoms with Gasteiger partial charge in [0.15, 0.2) is 0 Å². The van der Waals surface area contributed by atoms with Crippen molar-refractivity contribution in [2.45, 2.75) is 58.9 Å². The fraction of sp³-hybridized carbons (Fsp3) is 0.727. The van der Waals surface area contributed by atoms with Crippen molar-refractivity contribution < 1.29 is 4.74 Å². The molecule has 0 heterocycles. The van der Waals surface area contributed by atoms with Crippen LogP contribution in [0.15, 0.2) is 22.7 Å². The maximum atomic E-state index is 5.87. The number of benzene rings is 1. The highest BCUT2D eigenvalue weighted by Gasteiger charge is 2.23. The normalized spacial score (nSPS) is 20.7. The second kappa shape index (κ2) is 11.3. The number of halogens is 1. The summed E-state index contributed by atoms with van der Waals surface area (Å²) in [6, 6.07) is 6.49. The molecule has 1 saturated carbocycles. The topological polar surface area (TPSA) is 38.5 Å². The molecule has 0 aromatic heterocycles. The van der Waals surface area contributed by atoms with Crippen LogP contribution >= 0.6 is 15.9 Å². The summed E-state index contributed by atoms with van der Waals surface area (Å²) < 4.78 is 6.42. The smallest absolute Gasteiger partial charge is 0.133 e. The van der Waals surface area contributed by atoms with Gasteiger partial charge in [0.2, 0.25) is 0 Å². The Morgan fingerprint density at radius 1 is 1.15 bits per heavy atom. The van der Waals surface area contributed by atoms with E-state index in [4.69, 9.17) is 10.5 Å². The standard InChI is InChI=1S/C22H37BrN2O/c1-4-17(5-2)14-25(15-19-8-6-18(13-24)7-9-19)16-20-10-11-22(26-3)21(23)12-20/h10-12,17-19H,4-9,13-16,24H2,1-3H3. The number of hydrogen-bond acceptors (Lipinski definition) is 3. The van der Waals surface area contributed by atoms with Crippen LogP contribution in [0.5, 0.6) is 5.75 Å². The highest BCUT2D eigenvalue weighted by Crippen LogP contribution is 2.30. The molecule has 0 radical (unpaired) electrons. The summed E-state index contributed by atoms with van der Waals surface area (Å²) in [5.41, 5.74) is 7.23. The molecule has 1 fully saturated rings. The van der Waals surface area contributed by atoms with E-state index in [0.717, 1.165) is 41.1 Å². The largest absolute Gasteiger partial charge is 0.496 e. The zero-order valence-corrected chi connectivity index (χ0v) is 18.4. The molecule has 0 bridgehead atoms. The first kappa shape index (κ1) is 21.7. The lowest BCUT2D eigenvalue weighted by Gasteiger charge is -2.34. The average molecular weight is 425 g/mol. The summed E-state index contributed by atoms with van der Waals surface area (Å²) in [4.78, 5) is 2.69. The zero-order chi connectivity index (χ0) is 18.9. The molecule has 26 heavy (non-hydrogen) atoms. The summed E-state index contributed by atoms with van der Waals surface area (Å²) in [6.45, 7) is 8.95. The molecule has 4 heteroatoms. The molecule has 1 aromatic carbocycles. The molecule has 0 aliphatic heterocycles. The molecule has 0 unspecified atom stereocenters. The van der Waals surface area contributed by atoms with Gasteiger partial charge in [-0.3, -0.25) is 4.90 Å². The molecule has 2 N–H and O–H groups in total. The van der Waals surface area contributed by atoms with E-state index in [0.29, 0.717) is 0 Å². The van der Waals surface area contributed by atoms with Gasteiger partial charge in [0.25, 0.3) is 0 Å². The lowest BCUT2D eigenvalue weighted by Crippen LogP contribution is -2.35. The molecule has 3 nitrogen and oxygen atoms in total. The lowest BCUT2D eigenvalue weighted by atomic mass is 9.81. The molecule has 0 atom stereocenters. The Hall–Kier alpha value is -0.580. The third-order valence-electron chi connectivity index (χ3n) is 6.11. The van der Waals surface area contributed by atoms with Crippen LogP contribution in [-0.4, -0.2) is 31.6 Å². The van der Waals surface area contributed by atoms with E-state index in [1.54, 1.807) is 7.11 Å². The SMILES string of the molecule is CCC(CC)CN(Cc1ccc(OC)c(Br)c1)CC1CCC(CN)CC1. The minimum atomic E-state index is 0.760. The van der Waals surface area contributed by atoms with E-state index in [9.17, 15) is 0 Å². The zero-order valence-electron chi connectivity index (χ0n) is 16.8. The monoisotopic (exact) mass is 424 g/mol. The Morgan fingerprint density at radius 2 is 1.81 bits per heavy atom. The van der Waals surface area contributed by atoms with Gasteiger partial charge in [-0.25, -0.2) is 0 Å². The van der Waals surface area contributed by atoms with E-state index in [1.807, 2.05) is 0 Å². The van der Waals surface area contributed by atoms with Crippen molar-refractivity contribution in [1.82, 2.24) is 4.90 Å². The van der Waals surface area contributed by atoms with Crippen LogP contribution < -0.4 is 10.5 Å². The minimum absolute atomic E-state index is 0.760. The van der Waals surface area contributed by atoms with E-state index >= 15 is 0 Å². The van der Waals surface area contributed by atoms with E-state index in [2.05, 4.69) is 52.9 Å².